The van der Waals surface area contributed by atoms with E-state index in [9.17, 15) is 0 Å². The molecule has 1 unspecified atom stereocenters. The van der Waals surface area contributed by atoms with Crippen LogP contribution in [0.5, 0.6) is 0 Å². The lowest BCUT2D eigenvalue weighted by molar-refractivity contribution is 0.561. The second-order valence-electron chi connectivity index (χ2n) is 4.22. The topological polar surface area (TPSA) is 82.2 Å². The largest absolute Gasteiger partial charge is 0.399 e. The third kappa shape index (κ3) is 1.52. The highest BCUT2D eigenvalue weighted by Crippen LogP contribution is 2.29. The van der Waals surface area contributed by atoms with Crippen LogP contribution in [0.2, 0.25) is 0 Å². The SMILES string of the molecule is NC1=CCC(N)(c2ccnn3ccnc23)C=C1. The molecule has 0 amide bonds. The summed E-state index contributed by atoms with van der Waals surface area (Å²) in [5.74, 6) is 0. The van der Waals surface area contributed by atoms with Crippen molar-refractivity contribution in [2.75, 3.05) is 0 Å². The van der Waals surface area contributed by atoms with Gasteiger partial charge < -0.3 is 11.5 Å². The first-order valence-corrected chi connectivity index (χ1v) is 5.42. The molecule has 0 fully saturated rings. The van der Waals surface area contributed by atoms with Gasteiger partial charge in [-0.05, 0) is 18.6 Å². The van der Waals surface area contributed by atoms with Gasteiger partial charge in [0.25, 0.3) is 0 Å². The molecule has 1 aliphatic rings. The van der Waals surface area contributed by atoms with Gasteiger partial charge in [0.1, 0.15) is 0 Å². The van der Waals surface area contributed by atoms with Crippen molar-refractivity contribution in [1.82, 2.24) is 14.6 Å². The lowest BCUT2D eigenvalue weighted by Crippen LogP contribution is -2.36. The van der Waals surface area contributed by atoms with E-state index in [1.54, 1.807) is 23.1 Å². The molecule has 2 heterocycles. The maximum absolute atomic E-state index is 6.40. The Morgan fingerprint density at radius 2 is 2.24 bits per heavy atom. The van der Waals surface area contributed by atoms with E-state index < -0.39 is 5.54 Å². The first-order chi connectivity index (χ1) is 8.19. The number of allylic oxidation sites excluding steroid dienone is 1. The average Bonchev–Trinajstić information content (AvgIpc) is 2.81. The van der Waals surface area contributed by atoms with Crippen LogP contribution in [0.1, 0.15) is 12.0 Å². The molecule has 5 heteroatoms. The number of fused-ring (bicyclic) bond motifs is 1. The molecule has 0 spiro atoms. The second-order valence-corrected chi connectivity index (χ2v) is 4.22. The minimum Gasteiger partial charge on any atom is -0.399 e. The van der Waals surface area contributed by atoms with Gasteiger partial charge in [-0.2, -0.15) is 5.10 Å². The van der Waals surface area contributed by atoms with Gasteiger partial charge in [0.15, 0.2) is 5.65 Å². The predicted molar refractivity (Wildman–Crippen MR) is 64.9 cm³/mol. The molecule has 1 aliphatic carbocycles. The smallest absolute Gasteiger partial charge is 0.158 e. The summed E-state index contributed by atoms with van der Waals surface area (Å²) >= 11 is 0. The van der Waals surface area contributed by atoms with Gasteiger partial charge in [0.2, 0.25) is 0 Å². The Labute approximate surface area is 98.4 Å². The Morgan fingerprint density at radius 3 is 3.00 bits per heavy atom. The summed E-state index contributed by atoms with van der Waals surface area (Å²) in [7, 11) is 0. The highest BCUT2D eigenvalue weighted by atomic mass is 15.2. The van der Waals surface area contributed by atoms with Gasteiger partial charge in [0, 0.05) is 29.9 Å². The molecule has 2 aromatic heterocycles. The molecule has 0 saturated heterocycles. The van der Waals surface area contributed by atoms with E-state index in [0.717, 1.165) is 16.9 Å². The van der Waals surface area contributed by atoms with Crippen LogP contribution in [0.3, 0.4) is 0 Å². The summed E-state index contributed by atoms with van der Waals surface area (Å²) in [5, 5.41) is 4.18. The van der Waals surface area contributed by atoms with E-state index in [-0.39, 0.29) is 0 Å². The van der Waals surface area contributed by atoms with Crippen molar-refractivity contribution in [3.8, 4) is 0 Å². The Hall–Kier alpha value is -2.14. The van der Waals surface area contributed by atoms with Crippen molar-refractivity contribution in [2.24, 2.45) is 11.5 Å². The first-order valence-electron chi connectivity index (χ1n) is 5.42. The van der Waals surface area contributed by atoms with Crippen molar-refractivity contribution in [1.29, 1.82) is 0 Å². The highest BCUT2D eigenvalue weighted by molar-refractivity contribution is 5.53. The molecule has 0 bridgehead atoms. The van der Waals surface area contributed by atoms with E-state index >= 15 is 0 Å². The van der Waals surface area contributed by atoms with Gasteiger partial charge in [-0.15, -0.1) is 0 Å². The van der Waals surface area contributed by atoms with Crippen molar-refractivity contribution in [2.45, 2.75) is 12.0 Å². The fourth-order valence-corrected chi connectivity index (χ4v) is 2.07. The van der Waals surface area contributed by atoms with Crippen LogP contribution >= 0.6 is 0 Å². The van der Waals surface area contributed by atoms with Gasteiger partial charge >= 0.3 is 0 Å². The monoisotopic (exact) mass is 227 g/mol. The van der Waals surface area contributed by atoms with E-state index in [0.29, 0.717) is 6.42 Å². The maximum atomic E-state index is 6.40. The fourth-order valence-electron chi connectivity index (χ4n) is 2.07. The maximum Gasteiger partial charge on any atom is 0.158 e. The Bertz CT molecular complexity index is 625. The lowest BCUT2D eigenvalue weighted by atomic mass is 9.85. The quantitative estimate of drug-likeness (QED) is 0.750. The number of hydrogen-bond acceptors (Lipinski definition) is 4. The number of aromatic nitrogens is 3. The van der Waals surface area contributed by atoms with E-state index in [2.05, 4.69) is 10.1 Å². The molecule has 0 saturated carbocycles. The zero-order chi connectivity index (χ0) is 11.9. The second kappa shape index (κ2) is 3.43. The van der Waals surface area contributed by atoms with Crippen molar-refractivity contribution < 1.29 is 0 Å². The van der Waals surface area contributed by atoms with E-state index in [4.69, 9.17) is 11.5 Å². The van der Waals surface area contributed by atoms with Crippen LogP contribution in [0.25, 0.3) is 5.65 Å². The Kier molecular flexibility index (Phi) is 2.02. The van der Waals surface area contributed by atoms with E-state index in [1.807, 2.05) is 24.3 Å². The van der Waals surface area contributed by atoms with Crippen molar-refractivity contribution >= 4 is 5.65 Å². The number of imidazole rings is 1. The number of rotatable bonds is 1. The Morgan fingerprint density at radius 1 is 1.35 bits per heavy atom. The number of nitrogens with two attached hydrogens (primary N) is 2. The summed E-state index contributed by atoms with van der Waals surface area (Å²) < 4.78 is 1.72. The molecular formula is C12H13N5. The van der Waals surface area contributed by atoms with Crippen LogP contribution in [-0.4, -0.2) is 14.6 Å². The van der Waals surface area contributed by atoms with Gasteiger partial charge in [0.05, 0.1) is 5.54 Å². The lowest BCUT2D eigenvalue weighted by Gasteiger charge is -2.27. The molecule has 1 atom stereocenters. The molecule has 2 aromatic rings. The van der Waals surface area contributed by atoms with Gasteiger partial charge in [-0.25, -0.2) is 9.50 Å². The van der Waals surface area contributed by atoms with Crippen LogP contribution in [0.15, 0.2) is 48.6 Å². The van der Waals surface area contributed by atoms with Crippen LogP contribution in [0.4, 0.5) is 0 Å². The normalized spacial score (nSPS) is 23.9. The van der Waals surface area contributed by atoms with Crippen molar-refractivity contribution in [3.05, 3.63) is 54.1 Å². The zero-order valence-corrected chi connectivity index (χ0v) is 9.24. The standard InChI is InChI=1S/C12H13N5/c13-9-1-4-12(14,5-2-9)10-3-6-16-17-8-7-15-11(10)17/h1-4,6-8H,5,13-14H2. The molecule has 0 aliphatic heterocycles. The predicted octanol–water partition coefficient (Wildman–Crippen LogP) is 0.686. The number of hydrogen-bond donors (Lipinski definition) is 2. The van der Waals surface area contributed by atoms with Gasteiger partial charge in [-0.3, -0.25) is 0 Å². The summed E-state index contributed by atoms with van der Waals surface area (Å²) in [6, 6.07) is 1.90. The van der Waals surface area contributed by atoms with E-state index in [1.165, 1.54) is 0 Å². The minimum absolute atomic E-state index is 0.557. The molecule has 86 valence electrons. The minimum atomic E-state index is -0.557. The third-order valence-corrected chi connectivity index (χ3v) is 3.05. The van der Waals surface area contributed by atoms with Crippen molar-refractivity contribution in [3.63, 3.8) is 0 Å². The molecule has 4 N–H and O–H groups in total. The highest BCUT2D eigenvalue weighted by Gasteiger charge is 2.28. The molecule has 3 rings (SSSR count). The van der Waals surface area contributed by atoms with Crippen LogP contribution in [0, 0.1) is 0 Å². The molecule has 17 heavy (non-hydrogen) atoms. The summed E-state index contributed by atoms with van der Waals surface area (Å²) in [6.45, 7) is 0. The summed E-state index contributed by atoms with van der Waals surface area (Å²) in [6.07, 6.45) is 11.6. The zero-order valence-electron chi connectivity index (χ0n) is 9.24. The van der Waals surface area contributed by atoms with Crippen LogP contribution in [-0.2, 0) is 5.54 Å². The first kappa shape index (κ1) is 10.0. The summed E-state index contributed by atoms with van der Waals surface area (Å²) in [4.78, 5) is 4.29. The average molecular weight is 227 g/mol. The molecule has 0 aromatic carbocycles. The van der Waals surface area contributed by atoms with Gasteiger partial charge in [-0.1, -0.05) is 12.2 Å². The number of nitrogens with zero attached hydrogens (tertiary/aromatic N) is 3. The molecule has 0 radical (unpaired) electrons. The van der Waals surface area contributed by atoms with Crippen LogP contribution < -0.4 is 11.5 Å². The molecule has 5 nitrogen and oxygen atoms in total. The summed E-state index contributed by atoms with van der Waals surface area (Å²) in [5.41, 5.74) is 14.0. The fraction of sp³-hybridized carbons (Fsp3) is 0.167. The third-order valence-electron chi connectivity index (χ3n) is 3.05. The Balaban J connectivity index is 2.16. The molecular weight excluding hydrogens is 214 g/mol.